The minimum Gasteiger partial charge on any atom is -0.493 e. The molecule has 1 atom stereocenters. The van der Waals surface area contributed by atoms with Gasteiger partial charge in [0.15, 0.2) is 11.5 Å². The van der Waals surface area contributed by atoms with Crippen LogP contribution in [0.1, 0.15) is 24.5 Å². The predicted octanol–water partition coefficient (Wildman–Crippen LogP) is 3.01. The number of amides is 1. The predicted molar refractivity (Wildman–Crippen MR) is 106 cm³/mol. The van der Waals surface area contributed by atoms with Crippen molar-refractivity contribution in [3.8, 4) is 11.5 Å². The molecule has 2 rings (SSSR count). The van der Waals surface area contributed by atoms with Gasteiger partial charge in [-0.25, -0.2) is 5.43 Å². The SMILES string of the molecule is COc1cccc(/C=N/NC(=O)CC(C)O)c1OC/C=C/c1ccccc1. The standard InChI is InChI=1S/C21H24N2O4/c1-16(24)14-20(25)23-22-15-18-11-6-12-19(26-2)21(18)27-13-7-10-17-8-4-3-5-9-17/h3-12,15-16,24H,13-14H2,1-2H3,(H,23,25)/b10-7+,22-15+. The lowest BCUT2D eigenvalue weighted by Gasteiger charge is -2.11. The van der Waals surface area contributed by atoms with Crippen LogP contribution in [0.4, 0.5) is 0 Å². The summed E-state index contributed by atoms with van der Waals surface area (Å²) in [6.07, 6.45) is 4.64. The van der Waals surface area contributed by atoms with E-state index in [1.54, 1.807) is 20.1 Å². The molecular formula is C21H24N2O4. The van der Waals surface area contributed by atoms with Crippen molar-refractivity contribution in [3.05, 3.63) is 65.7 Å². The maximum atomic E-state index is 11.5. The number of carbonyl (C=O) groups excluding carboxylic acids is 1. The molecule has 2 aromatic carbocycles. The van der Waals surface area contributed by atoms with Crippen molar-refractivity contribution in [2.45, 2.75) is 19.4 Å². The van der Waals surface area contributed by atoms with Gasteiger partial charge in [-0.1, -0.05) is 42.5 Å². The molecule has 0 aliphatic heterocycles. The van der Waals surface area contributed by atoms with Crippen LogP contribution in [0, 0.1) is 0 Å². The van der Waals surface area contributed by atoms with Gasteiger partial charge in [0.2, 0.25) is 5.91 Å². The molecule has 1 unspecified atom stereocenters. The lowest BCUT2D eigenvalue weighted by Crippen LogP contribution is -2.21. The molecule has 6 heteroatoms. The second-order valence-corrected chi connectivity index (χ2v) is 5.85. The second-order valence-electron chi connectivity index (χ2n) is 5.85. The summed E-state index contributed by atoms with van der Waals surface area (Å²) in [5.74, 6) is 0.742. The molecule has 0 fully saturated rings. The van der Waals surface area contributed by atoms with Gasteiger partial charge in [-0.3, -0.25) is 4.79 Å². The highest BCUT2D eigenvalue weighted by Gasteiger charge is 2.09. The van der Waals surface area contributed by atoms with Crippen molar-refractivity contribution in [2.75, 3.05) is 13.7 Å². The van der Waals surface area contributed by atoms with Crippen LogP contribution in [0.2, 0.25) is 0 Å². The number of aliphatic hydroxyl groups excluding tert-OH is 1. The topological polar surface area (TPSA) is 80.2 Å². The fourth-order valence-corrected chi connectivity index (χ4v) is 2.32. The second kappa shape index (κ2) is 10.8. The molecule has 0 heterocycles. The Labute approximate surface area is 159 Å². The lowest BCUT2D eigenvalue weighted by molar-refractivity contribution is -0.122. The zero-order valence-electron chi connectivity index (χ0n) is 15.5. The summed E-state index contributed by atoms with van der Waals surface area (Å²) in [7, 11) is 1.56. The molecule has 0 aliphatic rings. The van der Waals surface area contributed by atoms with E-state index in [-0.39, 0.29) is 12.3 Å². The van der Waals surface area contributed by atoms with Crippen LogP contribution in [0.3, 0.4) is 0 Å². The van der Waals surface area contributed by atoms with Gasteiger partial charge in [0.1, 0.15) is 6.61 Å². The molecule has 6 nitrogen and oxygen atoms in total. The highest BCUT2D eigenvalue weighted by atomic mass is 16.5. The largest absolute Gasteiger partial charge is 0.493 e. The third kappa shape index (κ3) is 6.95. The van der Waals surface area contributed by atoms with Gasteiger partial charge >= 0.3 is 0 Å². The molecule has 0 saturated carbocycles. The summed E-state index contributed by atoms with van der Waals surface area (Å²) >= 11 is 0. The molecule has 0 saturated heterocycles. The number of hydrazone groups is 1. The van der Waals surface area contributed by atoms with Crippen LogP contribution in [-0.2, 0) is 4.79 Å². The number of hydrogen-bond acceptors (Lipinski definition) is 5. The van der Waals surface area contributed by atoms with Gasteiger partial charge in [-0.05, 0) is 30.7 Å². The van der Waals surface area contributed by atoms with Crippen LogP contribution in [0.15, 0.2) is 59.7 Å². The number of hydrogen-bond donors (Lipinski definition) is 2. The van der Waals surface area contributed by atoms with E-state index in [0.717, 1.165) is 5.56 Å². The van der Waals surface area contributed by atoms with Gasteiger partial charge in [-0.2, -0.15) is 5.10 Å². The number of rotatable bonds is 9. The highest BCUT2D eigenvalue weighted by Crippen LogP contribution is 2.30. The molecule has 0 aromatic heterocycles. The van der Waals surface area contributed by atoms with E-state index in [1.807, 2.05) is 54.6 Å². The fraction of sp³-hybridized carbons (Fsp3) is 0.238. The summed E-state index contributed by atoms with van der Waals surface area (Å²) in [4.78, 5) is 11.5. The van der Waals surface area contributed by atoms with E-state index < -0.39 is 6.10 Å². The summed E-state index contributed by atoms with van der Waals surface area (Å²) in [6, 6.07) is 15.3. The van der Waals surface area contributed by atoms with Gasteiger partial charge in [0.05, 0.1) is 25.8 Å². The van der Waals surface area contributed by atoms with E-state index in [4.69, 9.17) is 9.47 Å². The molecule has 0 spiro atoms. The zero-order chi connectivity index (χ0) is 19.5. The maximum absolute atomic E-state index is 11.5. The molecule has 0 bridgehead atoms. The van der Waals surface area contributed by atoms with Crippen molar-refractivity contribution >= 4 is 18.2 Å². The maximum Gasteiger partial charge on any atom is 0.242 e. The number of benzene rings is 2. The third-order valence-corrected chi connectivity index (χ3v) is 3.54. The van der Waals surface area contributed by atoms with E-state index >= 15 is 0 Å². The molecule has 27 heavy (non-hydrogen) atoms. The summed E-state index contributed by atoms with van der Waals surface area (Å²) < 4.78 is 11.2. The number of nitrogens with zero attached hydrogens (tertiary/aromatic N) is 1. The van der Waals surface area contributed by atoms with Crippen molar-refractivity contribution < 1.29 is 19.4 Å². The van der Waals surface area contributed by atoms with E-state index in [2.05, 4.69) is 10.5 Å². The number of para-hydroxylation sites is 1. The average Bonchev–Trinajstić information content (AvgIpc) is 2.66. The fourth-order valence-electron chi connectivity index (χ4n) is 2.32. The first-order valence-electron chi connectivity index (χ1n) is 8.61. The van der Waals surface area contributed by atoms with E-state index in [1.165, 1.54) is 6.21 Å². The van der Waals surface area contributed by atoms with Gasteiger partial charge in [0.25, 0.3) is 0 Å². The third-order valence-electron chi connectivity index (χ3n) is 3.54. The monoisotopic (exact) mass is 368 g/mol. The molecule has 142 valence electrons. The lowest BCUT2D eigenvalue weighted by atomic mass is 10.2. The molecule has 1 amide bonds. The smallest absolute Gasteiger partial charge is 0.242 e. The van der Waals surface area contributed by atoms with Gasteiger partial charge < -0.3 is 14.6 Å². The van der Waals surface area contributed by atoms with Crippen LogP contribution in [-0.4, -0.2) is 37.0 Å². The van der Waals surface area contributed by atoms with Gasteiger partial charge in [-0.15, -0.1) is 0 Å². The molecular weight excluding hydrogens is 344 g/mol. The minimum atomic E-state index is -0.715. The van der Waals surface area contributed by atoms with Crippen molar-refractivity contribution in [1.29, 1.82) is 0 Å². The average molecular weight is 368 g/mol. The first-order chi connectivity index (χ1) is 13.1. The van der Waals surface area contributed by atoms with Crippen molar-refractivity contribution in [1.82, 2.24) is 5.43 Å². The Balaban J connectivity index is 2.03. The number of aliphatic hydroxyl groups is 1. The van der Waals surface area contributed by atoms with Crippen LogP contribution in [0.25, 0.3) is 6.08 Å². The van der Waals surface area contributed by atoms with Crippen molar-refractivity contribution in [2.24, 2.45) is 5.10 Å². The Kier molecular flexibility index (Phi) is 8.06. The number of methoxy groups -OCH3 is 1. The van der Waals surface area contributed by atoms with Crippen molar-refractivity contribution in [3.63, 3.8) is 0 Å². The van der Waals surface area contributed by atoms with Crippen LogP contribution >= 0.6 is 0 Å². The number of nitrogens with one attached hydrogen (secondary N) is 1. The number of ether oxygens (including phenoxy) is 2. The molecule has 2 aromatic rings. The molecule has 2 N–H and O–H groups in total. The number of carbonyl (C=O) groups is 1. The Bertz CT molecular complexity index is 786. The Morgan fingerprint density at radius 3 is 2.70 bits per heavy atom. The Morgan fingerprint density at radius 2 is 2.00 bits per heavy atom. The first kappa shape index (κ1) is 20.2. The molecule has 0 aliphatic carbocycles. The summed E-state index contributed by atoms with van der Waals surface area (Å²) in [5, 5.41) is 13.1. The highest BCUT2D eigenvalue weighted by molar-refractivity contribution is 5.86. The summed E-state index contributed by atoms with van der Waals surface area (Å²) in [6.45, 7) is 1.89. The first-order valence-corrected chi connectivity index (χ1v) is 8.61. The summed E-state index contributed by atoms with van der Waals surface area (Å²) in [5.41, 5.74) is 4.13. The van der Waals surface area contributed by atoms with E-state index in [9.17, 15) is 9.90 Å². The minimum absolute atomic E-state index is 0.0108. The Morgan fingerprint density at radius 1 is 1.22 bits per heavy atom. The van der Waals surface area contributed by atoms with Crippen LogP contribution < -0.4 is 14.9 Å². The van der Waals surface area contributed by atoms with E-state index in [0.29, 0.717) is 23.7 Å². The van der Waals surface area contributed by atoms with Gasteiger partial charge in [0, 0.05) is 5.56 Å². The van der Waals surface area contributed by atoms with Crippen LogP contribution in [0.5, 0.6) is 11.5 Å². The molecule has 0 radical (unpaired) electrons. The normalized spacial score (nSPS) is 12.3. The quantitative estimate of drug-likeness (QED) is 0.527. The Hall–Kier alpha value is -3.12. The zero-order valence-corrected chi connectivity index (χ0v) is 15.5.